The molecule has 0 aromatic heterocycles. The number of nitrogens with zero attached hydrogens (tertiary/aromatic N) is 2. The Morgan fingerprint density at radius 3 is 2.55 bits per heavy atom. The van der Waals surface area contributed by atoms with E-state index in [9.17, 15) is 31.9 Å². The van der Waals surface area contributed by atoms with Gasteiger partial charge >= 0.3 is 6.18 Å². The van der Waals surface area contributed by atoms with E-state index in [-0.39, 0.29) is 47.3 Å². The Kier molecular flexibility index (Phi) is 11.0. The monoisotopic (exact) mass is 661 g/mol. The lowest BCUT2D eigenvalue weighted by Crippen LogP contribution is -2.54. The molecule has 2 aromatic carbocycles. The molecule has 2 aliphatic rings. The molecule has 0 spiro atoms. The normalized spacial score (nSPS) is 19.3. The highest BCUT2D eigenvalue weighted by Gasteiger charge is 2.34. The molecule has 2 saturated heterocycles. The van der Waals surface area contributed by atoms with E-state index in [0.29, 0.717) is 36.8 Å². The summed E-state index contributed by atoms with van der Waals surface area (Å²) in [6.45, 7) is 4.62. The Morgan fingerprint density at radius 2 is 1.89 bits per heavy atom. The number of hydrogen-bond acceptors (Lipinski definition) is 6. The molecule has 0 bridgehead atoms. The third kappa shape index (κ3) is 8.75. The number of carbonyl (C=O) groups excluding carboxylic acids is 3. The molecular formula is C29H33ClF5N5O3S. The summed E-state index contributed by atoms with van der Waals surface area (Å²) in [5.74, 6) is -3.72. The average Bonchev–Trinajstić information content (AvgIpc) is 3.39. The van der Waals surface area contributed by atoms with Crippen LogP contribution in [0.5, 0.6) is 0 Å². The van der Waals surface area contributed by atoms with Gasteiger partial charge in [-0.3, -0.25) is 19.3 Å². The van der Waals surface area contributed by atoms with Crippen molar-refractivity contribution < 1.29 is 36.3 Å². The van der Waals surface area contributed by atoms with Crippen LogP contribution in [0.3, 0.4) is 0 Å². The van der Waals surface area contributed by atoms with Gasteiger partial charge in [0.05, 0.1) is 23.4 Å². The van der Waals surface area contributed by atoms with Gasteiger partial charge < -0.3 is 20.9 Å². The molecule has 3 amide bonds. The van der Waals surface area contributed by atoms with Crippen LogP contribution < -0.4 is 20.9 Å². The summed E-state index contributed by atoms with van der Waals surface area (Å²) in [4.78, 5) is 40.4. The van der Waals surface area contributed by atoms with Crippen LogP contribution in [0.25, 0.3) is 0 Å². The van der Waals surface area contributed by atoms with E-state index < -0.39 is 47.7 Å². The van der Waals surface area contributed by atoms with Gasteiger partial charge in [0.25, 0.3) is 11.1 Å². The molecule has 2 fully saturated rings. The second-order valence-corrected chi connectivity index (χ2v) is 12.6. The van der Waals surface area contributed by atoms with E-state index in [1.807, 2.05) is 23.6 Å². The van der Waals surface area contributed by atoms with Crippen LogP contribution in [0.15, 0.2) is 30.3 Å². The molecule has 2 aliphatic heterocycles. The van der Waals surface area contributed by atoms with Gasteiger partial charge in [-0.05, 0) is 36.6 Å². The molecule has 2 atom stereocenters. The van der Waals surface area contributed by atoms with Crippen molar-refractivity contribution in [2.24, 2.45) is 5.92 Å². The Balaban J connectivity index is 1.47. The van der Waals surface area contributed by atoms with Crippen molar-refractivity contribution in [1.82, 2.24) is 15.5 Å². The van der Waals surface area contributed by atoms with Gasteiger partial charge in [-0.15, -0.1) is 0 Å². The minimum atomic E-state index is -4.27. The zero-order valence-corrected chi connectivity index (χ0v) is 25.6. The first kappa shape index (κ1) is 33.8. The molecule has 44 heavy (non-hydrogen) atoms. The largest absolute Gasteiger partial charge is 0.390 e. The van der Waals surface area contributed by atoms with Gasteiger partial charge in [0.1, 0.15) is 6.04 Å². The number of piperazine rings is 1. The number of thioether (sulfide) groups is 1. The number of benzene rings is 2. The van der Waals surface area contributed by atoms with Gasteiger partial charge in [-0.25, -0.2) is 8.78 Å². The van der Waals surface area contributed by atoms with Gasteiger partial charge in [0.15, 0.2) is 11.6 Å². The van der Waals surface area contributed by atoms with Crippen molar-refractivity contribution in [2.75, 3.05) is 42.1 Å². The molecule has 0 saturated carbocycles. The highest BCUT2D eigenvalue weighted by Crippen LogP contribution is 2.33. The fourth-order valence-electron chi connectivity index (χ4n) is 5.24. The first-order valence-electron chi connectivity index (χ1n) is 14.1. The minimum absolute atomic E-state index is 0.116. The lowest BCUT2D eigenvalue weighted by molar-refractivity contribution is -0.139. The SMILES string of the molecule is CC(C)C[C@H]1CN(c2cc(Cl)ccc2NC(=O)c2ccc(CNC(=O)C3CSC(=O)N3)c(F)c2F)CCN1CCC(F)(F)F. The van der Waals surface area contributed by atoms with Crippen LogP contribution >= 0.6 is 23.4 Å². The van der Waals surface area contributed by atoms with E-state index in [4.69, 9.17) is 11.6 Å². The molecule has 240 valence electrons. The zero-order chi connectivity index (χ0) is 32.2. The topological polar surface area (TPSA) is 93.8 Å². The maximum absolute atomic E-state index is 15.1. The maximum atomic E-state index is 15.1. The lowest BCUT2D eigenvalue weighted by Gasteiger charge is -2.43. The standard InChI is InChI=1S/C29H33ClF5N5O3S/c1-16(2)11-19-14-40(10-9-39(19)8-7-29(33,34)35)23-12-18(30)4-6-21(23)37-26(41)20-5-3-17(24(31)25(20)32)13-36-27(42)22-15-44-28(43)38-22/h3-6,12,16,19,22H,7-11,13-15H2,1-2H3,(H,36,42)(H,37,41)(H,38,43)/t19-,22?/m0/s1. The third-order valence-electron chi connectivity index (χ3n) is 7.43. The number of alkyl halides is 3. The molecule has 0 radical (unpaired) electrons. The Bertz CT molecular complexity index is 1400. The van der Waals surface area contributed by atoms with Crippen molar-refractivity contribution in [3.05, 3.63) is 58.1 Å². The second kappa shape index (κ2) is 14.3. The smallest absolute Gasteiger partial charge is 0.367 e. The summed E-state index contributed by atoms with van der Waals surface area (Å²) < 4.78 is 68.8. The quantitative estimate of drug-likeness (QED) is 0.279. The lowest BCUT2D eigenvalue weighted by atomic mass is 9.99. The first-order valence-corrected chi connectivity index (χ1v) is 15.4. The molecule has 2 heterocycles. The molecule has 0 aliphatic carbocycles. The Morgan fingerprint density at radius 1 is 1.14 bits per heavy atom. The minimum Gasteiger partial charge on any atom is -0.367 e. The van der Waals surface area contributed by atoms with Gasteiger partial charge in [-0.1, -0.05) is 43.3 Å². The molecular weight excluding hydrogens is 629 g/mol. The van der Waals surface area contributed by atoms with Gasteiger partial charge in [0.2, 0.25) is 5.91 Å². The third-order valence-corrected chi connectivity index (χ3v) is 8.54. The van der Waals surface area contributed by atoms with Crippen molar-refractivity contribution in [3.63, 3.8) is 0 Å². The predicted octanol–water partition coefficient (Wildman–Crippen LogP) is 5.80. The summed E-state index contributed by atoms with van der Waals surface area (Å²) in [6.07, 6.45) is -4.52. The number of carbonyl (C=O) groups is 3. The van der Waals surface area contributed by atoms with E-state index in [2.05, 4.69) is 16.0 Å². The molecule has 1 unspecified atom stereocenters. The van der Waals surface area contributed by atoms with Gasteiger partial charge in [0, 0.05) is 55.1 Å². The number of hydrogen-bond donors (Lipinski definition) is 3. The number of anilines is 2. The number of halogens is 6. The molecule has 15 heteroatoms. The van der Waals surface area contributed by atoms with Gasteiger partial charge in [-0.2, -0.15) is 13.2 Å². The fraction of sp³-hybridized carbons (Fsp3) is 0.483. The first-order chi connectivity index (χ1) is 20.7. The van der Waals surface area contributed by atoms with Crippen LogP contribution in [0.4, 0.5) is 38.1 Å². The molecule has 3 N–H and O–H groups in total. The predicted molar refractivity (Wildman–Crippen MR) is 160 cm³/mol. The van der Waals surface area contributed by atoms with Crippen LogP contribution in [0.2, 0.25) is 5.02 Å². The maximum Gasteiger partial charge on any atom is 0.390 e. The van der Waals surface area contributed by atoms with Crippen LogP contribution in [0, 0.1) is 17.6 Å². The van der Waals surface area contributed by atoms with Crippen molar-refractivity contribution in [1.29, 1.82) is 0 Å². The highest BCUT2D eigenvalue weighted by atomic mass is 35.5. The Hall–Kier alpha value is -3.10. The molecule has 2 aromatic rings. The van der Waals surface area contributed by atoms with Crippen LogP contribution in [-0.4, -0.2) is 72.1 Å². The van der Waals surface area contributed by atoms with Crippen LogP contribution in [-0.2, 0) is 11.3 Å². The summed E-state index contributed by atoms with van der Waals surface area (Å²) in [5, 5.41) is 7.54. The number of rotatable bonds is 10. The zero-order valence-electron chi connectivity index (χ0n) is 24.1. The number of nitrogens with one attached hydrogen (secondary N) is 3. The van der Waals surface area contributed by atoms with Crippen molar-refractivity contribution in [3.8, 4) is 0 Å². The molecule has 4 rings (SSSR count). The highest BCUT2D eigenvalue weighted by molar-refractivity contribution is 8.14. The summed E-state index contributed by atoms with van der Waals surface area (Å²) in [6, 6.07) is 6.01. The van der Waals surface area contributed by atoms with E-state index in [1.165, 1.54) is 18.2 Å². The van der Waals surface area contributed by atoms with E-state index >= 15 is 4.39 Å². The van der Waals surface area contributed by atoms with E-state index in [1.54, 1.807) is 6.07 Å². The van der Waals surface area contributed by atoms with Crippen molar-refractivity contribution >= 4 is 51.8 Å². The summed E-state index contributed by atoms with van der Waals surface area (Å²) in [5.41, 5.74) is 0.0373. The van der Waals surface area contributed by atoms with Crippen LogP contribution in [0.1, 0.15) is 42.6 Å². The second-order valence-electron chi connectivity index (χ2n) is 11.2. The van der Waals surface area contributed by atoms with E-state index in [0.717, 1.165) is 17.8 Å². The Labute approximate surface area is 261 Å². The average molecular weight is 662 g/mol. The summed E-state index contributed by atoms with van der Waals surface area (Å²) >= 11 is 7.21. The summed E-state index contributed by atoms with van der Waals surface area (Å²) in [7, 11) is 0. The fourth-order valence-corrected chi connectivity index (χ4v) is 6.18. The number of amides is 3. The molecule has 8 nitrogen and oxygen atoms in total. The van der Waals surface area contributed by atoms with Crippen molar-refractivity contribution in [2.45, 2.75) is 51.5 Å².